The van der Waals surface area contributed by atoms with Crippen LogP contribution < -0.4 is 0 Å². The van der Waals surface area contributed by atoms with E-state index >= 15 is 0 Å². The van der Waals surface area contributed by atoms with Crippen LogP contribution in [-0.4, -0.2) is 49.7 Å². The summed E-state index contributed by atoms with van der Waals surface area (Å²) in [6.45, 7) is 12.9. The van der Waals surface area contributed by atoms with Crippen LogP contribution in [-0.2, 0) is 14.8 Å². The third kappa shape index (κ3) is 3.02. The summed E-state index contributed by atoms with van der Waals surface area (Å²) in [6.07, 6.45) is 0. The van der Waals surface area contributed by atoms with Crippen molar-refractivity contribution >= 4 is 15.9 Å². The van der Waals surface area contributed by atoms with Crippen molar-refractivity contribution in [3.63, 3.8) is 0 Å². The molecule has 5 nitrogen and oxygen atoms in total. The molecule has 1 saturated heterocycles. The summed E-state index contributed by atoms with van der Waals surface area (Å²) in [5.74, 6) is -0.00330. The fourth-order valence-electron chi connectivity index (χ4n) is 3.22. The molecule has 0 N–H and O–H groups in total. The summed E-state index contributed by atoms with van der Waals surface area (Å²) >= 11 is 0. The number of nitrogens with zero attached hydrogens (tertiary/aromatic N) is 2. The molecule has 1 aliphatic rings. The monoisotopic (exact) mass is 338 g/mol. The molecule has 128 valence electrons. The van der Waals surface area contributed by atoms with Gasteiger partial charge in [-0.1, -0.05) is 0 Å². The van der Waals surface area contributed by atoms with Gasteiger partial charge in [0.15, 0.2) is 0 Å². The van der Waals surface area contributed by atoms with E-state index in [1.807, 2.05) is 34.6 Å². The number of carbonyl (C=O) groups is 1. The normalized spacial score (nSPS) is 16.7. The predicted molar refractivity (Wildman–Crippen MR) is 91.1 cm³/mol. The van der Waals surface area contributed by atoms with Gasteiger partial charge in [-0.05, 0) is 62.4 Å². The lowest BCUT2D eigenvalue weighted by Gasteiger charge is -2.34. The van der Waals surface area contributed by atoms with E-state index < -0.39 is 10.0 Å². The number of piperazine rings is 1. The summed E-state index contributed by atoms with van der Waals surface area (Å²) in [5.41, 5.74) is 4.89. The van der Waals surface area contributed by atoms with Gasteiger partial charge in [0.1, 0.15) is 0 Å². The summed E-state index contributed by atoms with van der Waals surface area (Å²) in [5, 5.41) is 0. The Bertz CT molecular complexity index is 717. The molecule has 1 amide bonds. The lowest BCUT2D eigenvalue weighted by atomic mass is 9.95. The van der Waals surface area contributed by atoms with E-state index in [0.717, 1.165) is 27.8 Å². The molecular formula is C17H26N2O3S. The SMILES string of the molecule is CC(=O)N1CCN(S(=O)(=O)c2c(C)c(C)c(C)c(C)c2C)CC1. The molecular weight excluding hydrogens is 312 g/mol. The maximum absolute atomic E-state index is 13.1. The summed E-state index contributed by atoms with van der Waals surface area (Å²) in [4.78, 5) is 13.5. The number of hydrogen-bond donors (Lipinski definition) is 0. The third-order valence-corrected chi connectivity index (χ3v) is 7.39. The van der Waals surface area contributed by atoms with Crippen LogP contribution in [0.25, 0.3) is 0 Å². The molecule has 0 bridgehead atoms. The number of hydrogen-bond acceptors (Lipinski definition) is 3. The van der Waals surface area contributed by atoms with Gasteiger partial charge in [0.25, 0.3) is 0 Å². The lowest BCUT2D eigenvalue weighted by Crippen LogP contribution is -2.50. The smallest absolute Gasteiger partial charge is 0.243 e. The average Bonchev–Trinajstić information content (AvgIpc) is 2.51. The average molecular weight is 338 g/mol. The second kappa shape index (κ2) is 6.24. The maximum Gasteiger partial charge on any atom is 0.243 e. The van der Waals surface area contributed by atoms with E-state index in [2.05, 4.69) is 0 Å². The topological polar surface area (TPSA) is 57.7 Å². The fraction of sp³-hybridized carbons (Fsp3) is 0.588. The molecule has 0 unspecified atom stereocenters. The highest BCUT2D eigenvalue weighted by atomic mass is 32.2. The molecule has 0 radical (unpaired) electrons. The van der Waals surface area contributed by atoms with E-state index in [0.29, 0.717) is 31.1 Å². The summed E-state index contributed by atoms with van der Waals surface area (Å²) in [6, 6.07) is 0. The van der Waals surface area contributed by atoms with Gasteiger partial charge in [-0.25, -0.2) is 8.42 Å². The van der Waals surface area contributed by atoms with Gasteiger partial charge in [0.2, 0.25) is 15.9 Å². The Labute approximate surface area is 139 Å². The second-order valence-electron chi connectivity index (χ2n) is 6.36. The molecule has 1 aromatic rings. The van der Waals surface area contributed by atoms with E-state index in [1.165, 1.54) is 11.2 Å². The van der Waals surface area contributed by atoms with Gasteiger partial charge in [-0.3, -0.25) is 4.79 Å². The summed E-state index contributed by atoms with van der Waals surface area (Å²) in [7, 11) is -3.54. The van der Waals surface area contributed by atoms with Gasteiger partial charge in [0.05, 0.1) is 4.90 Å². The Morgan fingerprint density at radius 3 is 1.57 bits per heavy atom. The van der Waals surface area contributed by atoms with E-state index in [9.17, 15) is 13.2 Å². The van der Waals surface area contributed by atoms with Crippen LogP contribution in [0.5, 0.6) is 0 Å². The minimum absolute atomic E-state index is 0.00330. The zero-order valence-corrected chi connectivity index (χ0v) is 15.7. The molecule has 1 heterocycles. The van der Waals surface area contributed by atoms with Gasteiger partial charge in [-0.2, -0.15) is 4.31 Å². The van der Waals surface area contributed by atoms with Crippen LogP contribution in [0.4, 0.5) is 0 Å². The van der Waals surface area contributed by atoms with Crippen LogP contribution in [0.3, 0.4) is 0 Å². The minimum atomic E-state index is -3.54. The van der Waals surface area contributed by atoms with Gasteiger partial charge >= 0.3 is 0 Å². The van der Waals surface area contributed by atoms with Crippen LogP contribution in [0, 0.1) is 34.6 Å². The number of rotatable bonds is 2. The molecule has 1 fully saturated rings. The number of sulfonamides is 1. The molecule has 1 aromatic carbocycles. The Morgan fingerprint density at radius 2 is 1.17 bits per heavy atom. The molecule has 1 aliphatic heterocycles. The van der Waals surface area contributed by atoms with Crippen LogP contribution in [0.1, 0.15) is 34.7 Å². The first-order valence-electron chi connectivity index (χ1n) is 7.91. The second-order valence-corrected chi connectivity index (χ2v) is 8.24. The van der Waals surface area contributed by atoms with Crippen molar-refractivity contribution in [2.45, 2.75) is 46.4 Å². The number of amides is 1. The molecule has 0 spiro atoms. The van der Waals surface area contributed by atoms with Crippen molar-refractivity contribution in [2.75, 3.05) is 26.2 Å². The Morgan fingerprint density at radius 1 is 0.783 bits per heavy atom. The van der Waals surface area contributed by atoms with Crippen LogP contribution in [0.15, 0.2) is 4.90 Å². The Hall–Kier alpha value is -1.40. The van der Waals surface area contributed by atoms with Gasteiger partial charge < -0.3 is 4.90 Å². The Kier molecular flexibility index (Phi) is 4.87. The molecule has 0 aromatic heterocycles. The van der Waals surface area contributed by atoms with Crippen molar-refractivity contribution in [1.82, 2.24) is 9.21 Å². The van der Waals surface area contributed by atoms with Crippen molar-refractivity contribution in [1.29, 1.82) is 0 Å². The predicted octanol–water partition coefficient (Wildman–Crippen LogP) is 2.08. The van der Waals surface area contributed by atoms with E-state index in [1.54, 1.807) is 4.90 Å². The van der Waals surface area contributed by atoms with Crippen LogP contribution in [0.2, 0.25) is 0 Å². The molecule has 0 saturated carbocycles. The minimum Gasteiger partial charge on any atom is -0.340 e. The largest absolute Gasteiger partial charge is 0.340 e. The van der Waals surface area contributed by atoms with Crippen molar-refractivity contribution in [3.8, 4) is 0 Å². The third-order valence-electron chi connectivity index (χ3n) is 5.21. The van der Waals surface area contributed by atoms with Gasteiger partial charge in [0, 0.05) is 33.1 Å². The highest BCUT2D eigenvalue weighted by Gasteiger charge is 2.32. The maximum atomic E-state index is 13.1. The van der Waals surface area contributed by atoms with Crippen molar-refractivity contribution < 1.29 is 13.2 Å². The first-order chi connectivity index (χ1) is 10.6. The quantitative estimate of drug-likeness (QED) is 0.829. The highest BCUT2D eigenvalue weighted by Crippen LogP contribution is 2.31. The molecule has 23 heavy (non-hydrogen) atoms. The number of carbonyl (C=O) groups excluding carboxylic acids is 1. The fourth-order valence-corrected chi connectivity index (χ4v) is 5.21. The molecule has 6 heteroatoms. The zero-order valence-electron chi connectivity index (χ0n) is 14.9. The number of benzene rings is 1. The molecule has 2 rings (SSSR count). The molecule has 0 atom stereocenters. The van der Waals surface area contributed by atoms with Gasteiger partial charge in [-0.15, -0.1) is 0 Å². The first kappa shape index (κ1) is 17.9. The zero-order chi connectivity index (χ0) is 17.5. The highest BCUT2D eigenvalue weighted by molar-refractivity contribution is 7.89. The van der Waals surface area contributed by atoms with Crippen molar-refractivity contribution in [3.05, 3.63) is 27.8 Å². The van der Waals surface area contributed by atoms with E-state index in [-0.39, 0.29) is 5.91 Å². The first-order valence-corrected chi connectivity index (χ1v) is 9.35. The summed E-state index contributed by atoms with van der Waals surface area (Å²) < 4.78 is 27.8. The lowest BCUT2D eigenvalue weighted by molar-refractivity contribution is -0.129. The molecule has 0 aliphatic carbocycles. The Balaban J connectivity index is 2.44. The van der Waals surface area contributed by atoms with Crippen LogP contribution >= 0.6 is 0 Å². The van der Waals surface area contributed by atoms with E-state index in [4.69, 9.17) is 0 Å². The van der Waals surface area contributed by atoms with Crippen molar-refractivity contribution in [2.24, 2.45) is 0 Å². The standard InChI is InChI=1S/C17H26N2O3S/c1-11-12(2)14(4)17(15(5)13(11)3)23(21,22)19-9-7-18(8-10-19)16(6)20/h7-10H2,1-6H3.